The number of carbonyl (C=O) groups is 1. The highest BCUT2D eigenvalue weighted by atomic mass is 16.5. The molecule has 3 heterocycles. The Labute approximate surface area is 200 Å². The molecule has 1 atom stereocenters. The lowest BCUT2D eigenvalue weighted by Crippen LogP contribution is -2.43. The van der Waals surface area contributed by atoms with Crippen LogP contribution in [0.2, 0.25) is 0 Å². The zero-order valence-electron chi connectivity index (χ0n) is 19.8. The van der Waals surface area contributed by atoms with Gasteiger partial charge in [0.25, 0.3) is 0 Å². The van der Waals surface area contributed by atoms with Gasteiger partial charge in [-0.1, -0.05) is 6.07 Å². The molecule has 0 bridgehead atoms. The molecule has 9 heteroatoms. The Morgan fingerprint density at radius 1 is 1.21 bits per heavy atom. The van der Waals surface area contributed by atoms with Gasteiger partial charge in [0.15, 0.2) is 11.5 Å². The zero-order valence-corrected chi connectivity index (χ0v) is 19.8. The number of hydrogen-bond acceptors (Lipinski definition) is 7. The maximum Gasteiger partial charge on any atom is 0.236 e. The second-order valence-corrected chi connectivity index (χ2v) is 8.25. The largest absolute Gasteiger partial charge is 0.493 e. The topological polar surface area (TPSA) is 94.4 Å². The molecule has 2 aromatic heterocycles. The third-order valence-corrected chi connectivity index (χ3v) is 5.97. The van der Waals surface area contributed by atoms with Crippen LogP contribution in [0.1, 0.15) is 38.2 Å². The fraction of sp³-hybridized carbons (Fsp3) is 0.440. The van der Waals surface area contributed by atoms with Crippen LogP contribution in [0.4, 0.5) is 5.82 Å². The van der Waals surface area contributed by atoms with Crippen molar-refractivity contribution in [3.63, 3.8) is 0 Å². The Balaban J connectivity index is 1.34. The standard InChI is InChI=1S/C25H32N6O3/c1-3-34-22-16-19(7-8-21(22)33-2)9-11-27-24(32)17-20-6-4-5-14-31(20)23-10-12-28-25(29-23)30-15-13-26-18-30/h7-8,10,12-13,15-16,18,20H,3-6,9,11,14,17H2,1-2H3,(H,27,32). The fourth-order valence-electron chi connectivity index (χ4n) is 4.29. The normalized spacial score (nSPS) is 15.7. The molecule has 1 amide bonds. The average Bonchev–Trinajstić information content (AvgIpc) is 3.40. The van der Waals surface area contributed by atoms with Crippen molar-refractivity contribution in [1.29, 1.82) is 0 Å². The molecule has 1 saturated heterocycles. The number of ether oxygens (including phenoxy) is 2. The number of rotatable bonds is 10. The highest BCUT2D eigenvalue weighted by molar-refractivity contribution is 5.77. The number of piperidine rings is 1. The Kier molecular flexibility index (Phi) is 7.95. The summed E-state index contributed by atoms with van der Waals surface area (Å²) >= 11 is 0. The molecule has 0 spiro atoms. The molecule has 0 aliphatic carbocycles. The number of aromatic nitrogens is 4. The molecule has 1 aromatic carbocycles. The Morgan fingerprint density at radius 3 is 2.91 bits per heavy atom. The number of hydrogen-bond donors (Lipinski definition) is 1. The highest BCUT2D eigenvalue weighted by Gasteiger charge is 2.26. The van der Waals surface area contributed by atoms with Crippen molar-refractivity contribution in [2.45, 2.75) is 45.1 Å². The van der Waals surface area contributed by atoms with Crippen molar-refractivity contribution < 1.29 is 14.3 Å². The first-order valence-electron chi connectivity index (χ1n) is 11.8. The molecular weight excluding hydrogens is 432 g/mol. The van der Waals surface area contributed by atoms with E-state index in [4.69, 9.17) is 14.5 Å². The van der Waals surface area contributed by atoms with Crippen molar-refractivity contribution in [2.75, 3.05) is 31.7 Å². The van der Waals surface area contributed by atoms with E-state index in [-0.39, 0.29) is 11.9 Å². The van der Waals surface area contributed by atoms with E-state index in [2.05, 4.69) is 20.2 Å². The Hall–Kier alpha value is -3.62. The van der Waals surface area contributed by atoms with E-state index >= 15 is 0 Å². The number of imidazole rings is 1. The van der Waals surface area contributed by atoms with Crippen molar-refractivity contribution >= 4 is 11.7 Å². The number of nitrogens with one attached hydrogen (secondary N) is 1. The van der Waals surface area contributed by atoms with Crippen LogP contribution in [0.15, 0.2) is 49.2 Å². The van der Waals surface area contributed by atoms with Gasteiger partial charge in [0.2, 0.25) is 11.9 Å². The van der Waals surface area contributed by atoms with Crippen LogP contribution in [0.25, 0.3) is 5.95 Å². The Morgan fingerprint density at radius 2 is 2.12 bits per heavy atom. The summed E-state index contributed by atoms with van der Waals surface area (Å²) in [7, 11) is 1.63. The summed E-state index contributed by atoms with van der Waals surface area (Å²) in [5.74, 6) is 2.92. The second-order valence-electron chi connectivity index (χ2n) is 8.25. The monoisotopic (exact) mass is 464 g/mol. The lowest BCUT2D eigenvalue weighted by Gasteiger charge is -2.36. The highest BCUT2D eigenvalue weighted by Crippen LogP contribution is 2.28. The van der Waals surface area contributed by atoms with Gasteiger partial charge in [0.05, 0.1) is 13.7 Å². The van der Waals surface area contributed by atoms with E-state index in [9.17, 15) is 4.79 Å². The van der Waals surface area contributed by atoms with E-state index in [1.54, 1.807) is 30.4 Å². The molecule has 0 saturated carbocycles. The summed E-state index contributed by atoms with van der Waals surface area (Å²) < 4.78 is 12.8. The maximum absolute atomic E-state index is 12.8. The smallest absolute Gasteiger partial charge is 0.236 e. The van der Waals surface area contributed by atoms with Gasteiger partial charge in [-0.2, -0.15) is 4.98 Å². The van der Waals surface area contributed by atoms with Gasteiger partial charge in [-0.05, 0) is 56.4 Å². The van der Waals surface area contributed by atoms with Crippen LogP contribution >= 0.6 is 0 Å². The lowest BCUT2D eigenvalue weighted by molar-refractivity contribution is -0.121. The molecule has 1 aliphatic heterocycles. The summed E-state index contributed by atoms with van der Waals surface area (Å²) in [4.78, 5) is 28.2. The molecule has 4 rings (SSSR count). The van der Waals surface area contributed by atoms with E-state index < -0.39 is 0 Å². The Bertz CT molecular complexity index is 1070. The summed E-state index contributed by atoms with van der Waals surface area (Å²) in [6, 6.07) is 7.91. The molecule has 1 unspecified atom stereocenters. The zero-order chi connectivity index (χ0) is 23.8. The minimum Gasteiger partial charge on any atom is -0.493 e. The molecule has 1 N–H and O–H groups in total. The average molecular weight is 465 g/mol. The molecule has 3 aromatic rings. The summed E-state index contributed by atoms with van der Waals surface area (Å²) in [6.45, 7) is 3.97. The van der Waals surface area contributed by atoms with Crippen molar-refractivity contribution in [3.8, 4) is 17.4 Å². The van der Waals surface area contributed by atoms with Gasteiger partial charge in [-0.15, -0.1) is 0 Å². The van der Waals surface area contributed by atoms with Gasteiger partial charge in [-0.25, -0.2) is 9.97 Å². The molecule has 34 heavy (non-hydrogen) atoms. The van der Waals surface area contributed by atoms with Gasteiger partial charge in [0, 0.05) is 44.1 Å². The maximum atomic E-state index is 12.8. The van der Waals surface area contributed by atoms with Crippen LogP contribution in [-0.2, 0) is 11.2 Å². The summed E-state index contributed by atoms with van der Waals surface area (Å²) in [6.07, 6.45) is 11.3. The number of methoxy groups -OCH3 is 1. The van der Waals surface area contributed by atoms with Gasteiger partial charge in [0.1, 0.15) is 12.1 Å². The number of amides is 1. The van der Waals surface area contributed by atoms with Crippen molar-refractivity contribution in [1.82, 2.24) is 24.8 Å². The number of anilines is 1. The lowest BCUT2D eigenvalue weighted by atomic mass is 9.99. The SMILES string of the molecule is CCOc1cc(CCNC(=O)CC2CCCCN2c2ccnc(-n3ccnc3)n2)ccc1OC. The molecule has 9 nitrogen and oxygen atoms in total. The number of carbonyl (C=O) groups excluding carboxylic acids is 1. The first-order valence-corrected chi connectivity index (χ1v) is 11.8. The molecule has 1 aliphatic rings. The number of benzene rings is 1. The third kappa shape index (κ3) is 5.84. The van der Waals surface area contributed by atoms with Crippen molar-refractivity contribution in [2.24, 2.45) is 0 Å². The minimum absolute atomic E-state index is 0.0549. The molecular formula is C25H32N6O3. The summed E-state index contributed by atoms with van der Waals surface area (Å²) in [5, 5.41) is 3.08. The second kappa shape index (κ2) is 11.5. The minimum atomic E-state index is 0.0549. The van der Waals surface area contributed by atoms with E-state index in [1.807, 2.05) is 37.4 Å². The van der Waals surface area contributed by atoms with Crippen LogP contribution < -0.4 is 19.7 Å². The van der Waals surface area contributed by atoms with Crippen LogP contribution in [-0.4, -0.2) is 58.3 Å². The molecule has 180 valence electrons. The van der Waals surface area contributed by atoms with Gasteiger partial charge < -0.3 is 19.7 Å². The number of nitrogens with zero attached hydrogens (tertiary/aromatic N) is 5. The first kappa shape index (κ1) is 23.5. The van der Waals surface area contributed by atoms with E-state index in [0.717, 1.165) is 49.4 Å². The van der Waals surface area contributed by atoms with Crippen molar-refractivity contribution in [3.05, 3.63) is 54.7 Å². The quantitative estimate of drug-likeness (QED) is 0.492. The van der Waals surface area contributed by atoms with E-state index in [0.29, 0.717) is 31.3 Å². The molecule has 0 radical (unpaired) electrons. The predicted molar refractivity (Wildman–Crippen MR) is 130 cm³/mol. The molecule has 1 fully saturated rings. The van der Waals surface area contributed by atoms with Crippen LogP contribution in [0, 0.1) is 0 Å². The van der Waals surface area contributed by atoms with Gasteiger partial charge in [-0.3, -0.25) is 9.36 Å². The van der Waals surface area contributed by atoms with Crippen LogP contribution in [0.5, 0.6) is 11.5 Å². The van der Waals surface area contributed by atoms with Crippen LogP contribution in [0.3, 0.4) is 0 Å². The first-order chi connectivity index (χ1) is 16.7. The summed E-state index contributed by atoms with van der Waals surface area (Å²) in [5.41, 5.74) is 1.09. The van der Waals surface area contributed by atoms with Gasteiger partial charge >= 0.3 is 0 Å². The third-order valence-electron chi connectivity index (χ3n) is 5.97. The van der Waals surface area contributed by atoms with E-state index in [1.165, 1.54) is 0 Å². The fourth-order valence-corrected chi connectivity index (χ4v) is 4.29. The predicted octanol–water partition coefficient (Wildman–Crippen LogP) is 3.18.